The van der Waals surface area contributed by atoms with Crippen molar-refractivity contribution in [2.75, 3.05) is 5.75 Å². The van der Waals surface area contributed by atoms with Gasteiger partial charge in [-0.05, 0) is 43.3 Å². The number of halogens is 3. The maximum atomic E-state index is 13.5. The minimum atomic E-state index is -0.385. The second-order valence-electron chi connectivity index (χ2n) is 5.69. The van der Waals surface area contributed by atoms with Crippen molar-refractivity contribution in [1.29, 1.82) is 0 Å². The summed E-state index contributed by atoms with van der Waals surface area (Å²) >= 11 is 7.41. The largest absolute Gasteiger partial charge is 0.272 e. The Morgan fingerprint density at radius 2 is 1.96 bits per heavy atom. The molecule has 0 atom stereocenters. The van der Waals surface area contributed by atoms with Crippen LogP contribution in [0.2, 0.25) is 5.15 Å². The number of hydrogen-bond donors (Lipinski definition) is 1. The third-order valence-corrected chi connectivity index (χ3v) is 5.11. The van der Waals surface area contributed by atoms with E-state index in [1.807, 2.05) is 0 Å². The summed E-state index contributed by atoms with van der Waals surface area (Å²) in [7, 11) is 0. The molecule has 0 aliphatic rings. The number of benzene rings is 2. The van der Waals surface area contributed by atoms with Crippen LogP contribution < -0.4 is 5.43 Å². The van der Waals surface area contributed by atoms with Crippen molar-refractivity contribution in [1.82, 2.24) is 15.2 Å². The fourth-order valence-corrected chi connectivity index (χ4v) is 3.37. The van der Waals surface area contributed by atoms with Gasteiger partial charge in [0.25, 0.3) is 0 Å². The molecule has 0 radical (unpaired) electrons. The molecule has 144 valence electrons. The predicted molar refractivity (Wildman–Crippen MR) is 106 cm³/mol. The normalized spacial score (nSPS) is 11.1. The lowest BCUT2D eigenvalue weighted by molar-refractivity contribution is -0.118. The molecule has 2 aromatic carbocycles. The maximum absolute atomic E-state index is 13.5. The third kappa shape index (κ3) is 4.76. The average Bonchev–Trinajstić information content (AvgIpc) is 2.96. The van der Waals surface area contributed by atoms with E-state index in [9.17, 15) is 13.6 Å². The number of carbonyl (C=O) groups is 1. The second-order valence-corrected chi connectivity index (χ2v) is 7.07. The fraction of sp³-hybridized carbons (Fsp3) is 0.105. The molecule has 1 heterocycles. The molecule has 0 unspecified atom stereocenters. The number of thioether (sulfide) groups is 1. The van der Waals surface area contributed by atoms with Crippen molar-refractivity contribution in [3.05, 3.63) is 76.6 Å². The van der Waals surface area contributed by atoms with Crippen molar-refractivity contribution in [2.24, 2.45) is 5.10 Å². The molecular formula is C19H15ClF2N4OS. The van der Waals surface area contributed by atoms with Gasteiger partial charge < -0.3 is 0 Å². The maximum Gasteiger partial charge on any atom is 0.250 e. The molecule has 0 aliphatic carbocycles. The van der Waals surface area contributed by atoms with Crippen molar-refractivity contribution in [3.8, 4) is 5.69 Å². The molecule has 0 saturated heterocycles. The van der Waals surface area contributed by atoms with E-state index in [2.05, 4.69) is 15.6 Å². The second kappa shape index (κ2) is 8.99. The Labute approximate surface area is 169 Å². The molecule has 1 N–H and O–H groups in total. The Morgan fingerprint density at radius 3 is 2.68 bits per heavy atom. The fourth-order valence-electron chi connectivity index (χ4n) is 2.32. The molecule has 0 aliphatic heterocycles. The van der Waals surface area contributed by atoms with Gasteiger partial charge in [0.2, 0.25) is 5.91 Å². The van der Waals surface area contributed by atoms with Crippen LogP contribution in [0.3, 0.4) is 0 Å². The number of rotatable bonds is 6. The molecule has 1 amide bonds. The van der Waals surface area contributed by atoms with Crippen molar-refractivity contribution in [2.45, 2.75) is 11.8 Å². The lowest BCUT2D eigenvalue weighted by atomic mass is 10.3. The molecule has 9 heteroatoms. The Kier molecular flexibility index (Phi) is 6.43. The summed E-state index contributed by atoms with van der Waals surface area (Å²) in [6, 6.07) is 11.9. The number of carbonyl (C=O) groups excluding carboxylic acids is 1. The molecule has 0 saturated carbocycles. The summed E-state index contributed by atoms with van der Waals surface area (Å²) in [6.07, 6.45) is 1.39. The van der Waals surface area contributed by atoms with E-state index in [1.54, 1.807) is 37.3 Å². The summed E-state index contributed by atoms with van der Waals surface area (Å²) in [5.41, 5.74) is 4.08. The van der Waals surface area contributed by atoms with Crippen LogP contribution in [-0.2, 0) is 4.79 Å². The molecule has 1 aromatic heterocycles. The highest BCUT2D eigenvalue weighted by Crippen LogP contribution is 2.22. The molecule has 3 aromatic rings. The van der Waals surface area contributed by atoms with Gasteiger partial charge in [0, 0.05) is 4.90 Å². The van der Waals surface area contributed by atoms with Crippen molar-refractivity contribution in [3.63, 3.8) is 0 Å². The Hall–Kier alpha value is -2.71. The third-order valence-electron chi connectivity index (χ3n) is 3.70. The molecular weight excluding hydrogens is 406 g/mol. The van der Waals surface area contributed by atoms with Gasteiger partial charge in [-0.25, -0.2) is 18.9 Å². The average molecular weight is 421 g/mol. The molecule has 0 bridgehead atoms. The van der Waals surface area contributed by atoms with Gasteiger partial charge >= 0.3 is 0 Å². The van der Waals surface area contributed by atoms with E-state index in [-0.39, 0.29) is 28.4 Å². The van der Waals surface area contributed by atoms with E-state index in [0.717, 1.165) is 11.8 Å². The summed E-state index contributed by atoms with van der Waals surface area (Å²) in [4.78, 5) is 12.3. The number of hydrazone groups is 1. The smallest absolute Gasteiger partial charge is 0.250 e. The number of aromatic nitrogens is 2. The van der Waals surface area contributed by atoms with Gasteiger partial charge in [-0.15, -0.1) is 11.8 Å². The zero-order valence-electron chi connectivity index (χ0n) is 14.7. The molecule has 28 heavy (non-hydrogen) atoms. The van der Waals surface area contributed by atoms with E-state index in [1.165, 1.54) is 29.1 Å². The van der Waals surface area contributed by atoms with E-state index >= 15 is 0 Å². The van der Waals surface area contributed by atoms with Gasteiger partial charge in [-0.3, -0.25) is 4.79 Å². The lowest BCUT2D eigenvalue weighted by Gasteiger charge is -2.03. The van der Waals surface area contributed by atoms with E-state index < -0.39 is 0 Å². The predicted octanol–water partition coefficient (Wildman–Crippen LogP) is 4.35. The molecule has 0 spiro atoms. The highest BCUT2D eigenvalue weighted by atomic mass is 35.5. The summed E-state index contributed by atoms with van der Waals surface area (Å²) in [5, 5.41) is 8.48. The lowest BCUT2D eigenvalue weighted by Crippen LogP contribution is -2.19. The summed E-state index contributed by atoms with van der Waals surface area (Å²) < 4.78 is 28.1. The van der Waals surface area contributed by atoms with Crippen LogP contribution in [0.25, 0.3) is 5.69 Å². The molecule has 3 rings (SSSR count). The Balaban J connectivity index is 1.63. The van der Waals surface area contributed by atoms with Crippen molar-refractivity contribution >= 4 is 35.5 Å². The zero-order chi connectivity index (χ0) is 20.1. The first kappa shape index (κ1) is 20.0. The van der Waals surface area contributed by atoms with Crippen LogP contribution in [0.1, 0.15) is 11.3 Å². The minimum absolute atomic E-state index is 0.0137. The van der Waals surface area contributed by atoms with Gasteiger partial charge in [0.05, 0.1) is 28.9 Å². The van der Waals surface area contributed by atoms with Gasteiger partial charge in [0.15, 0.2) is 0 Å². The first-order valence-electron chi connectivity index (χ1n) is 8.16. The molecule has 5 nitrogen and oxygen atoms in total. The Morgan fingerprint density at radius 1 is 1.25 bits per heavy atom. The minimum Gasteiger partial charge on any atom is -0.272 e. The molecule has 0 fully saturated rings. The van der Waals surface area contributed by atoms with Crippen LogP contribution in [-0.4, -0.2) is 27.7 Å². The van der Waals surface area contributed by atoms with Gasteiger partial charge in [0.1, 0.15) is 16.8 Å². The van der Waals surface area contributed by atoms with E-state index in [4.69, 9.17) is 11.6 Å². The summed E-state index contributed by atoms with van der Waals surface area (Å²) in [5.74, 6) is -1.11. The van der Waals surface area contributed by atoms with Crippen LogP contribution in [0.15, 0.2) is 58.5 Å². The Bertz CT molecular complexity index is 1020. The first-order chi connectivity index (χ1) is 13.5. The highest BCUT2D eigenvalue weighted by Gasteiger charge is 2.13. The number of nitrogens with one attached hydrogen (secondary N) is 1. The van der Waals surface area contributed by atoms with Crippen molar-refractivity contribution < 1.29 is 13.6 Å². The number of aryl methyl sites for hydroxylation is 1. The SMILES string of the molecule is Cc1nn(-c2ccc(F)cc2)c(Cl)c1/C=N/NC(=O)CSc1ccccc1F. The van der Waals surface area contributed by atoms with Crippen LogP contribution in [0.4, 0.5) is 8.78 Å². The standard InChI is InChI=1S/C19H15ClF2N4OS/c1-12-15(19(20)26(25-12)14-8-6-13(21)7-9-14)10-23-24-18(27)11-28-17-5-3-2-4-16(17)22/h2-10H,11H2,1H3,(H,24,27)/b23-10+. The van der Waals surface area contributed by atoms with E-state index in [0.29, 0.717) is 21.8 Å². The zero-order valence-corrected chi connectivity index (χ0v) is 16.3. The highest BCUT2D eigenvalue weighted by molar-refractivity contribution is 8.00. The monoisotopic (exact) mass is 420 g/mol. The number of nitrogens with zero attached hydrogens (tertiary/aromatic N) is 3. The van der Waals surface area contributed by atoms with Gasteiger partial charge in [-0.2, -0.15) is 10.2 Å². The van der Waals surface area contributed by atoms with Crippen LogP contribution in [0, 0.1) is 18.6 Å². The quantitative estimate of drug-likeness (QED) is 0.366. The topological polar surface area (TPSA) is 59.3 Å². The van der Waals surface area contributed by atoms with Crippen LogP contribution in [0.5, 0.6) is 0 Å². The van der Waals surface area contributed by atoms with Crippen LogP contribution >= 0.6 is 23.4 Å². The summed E-state index contributed by atoms with van der Waals surface area (Å²) in [6.45, 7) is 1.74. The van der Waals surface area contributed by atoms with Gasteiger partial charge in [-0.1, -0.05) is 23.7 Å². The number of hydrogen-bond acceptors (Lipinski definition) is 4. The number of amides is 1. The first-order valence-corrected chi connectivity index (χ1v) is 9.52.